The first-order valence-corrected chi connectivity index (χ1v) is 7.61. The van der Waals surface area contributed by atoms with Crippen LogP contribution < -0.4 is 5.32 Å². The van der Waals surface area contributed by atoms with Crippen LogP contribution in [0.5, 0.6) is 0 Å². The Morgan fingerprint density at radius 2 is 1.70 bits per heavy atom. The van der Waals surface area contributed by atoms with Gasteiger partial charge in [0, 0.05) is 18.5 Å². The average Bonchev–Trinajstić information content (AvgIpc) is 2.47. The molecule has 0 spiro atoms. The monoisotopic (exact) mass is 265 g/mol. The van der Waals surface area contributed by atoms with E-state index >= 15 is 0 Å². The fourth-order valence-electron chi connectivity index (χ4n) is 3.50. The Kier molecular flexibility index (Phi) is 3.88. The third kappa shape index (κ3) is 2.64. The van der Waals surface area contributed by atoms with Crippen LogP contribution >= 0.6 is 0 Å². The molecule has 0 saturated carbocycles. The lowest BCUT2D eigenvalue weighted by molar-refractivity contribution is 0.332. The fourth-order valence-corrected chi connectivity index (χ4v) is 3.50. The van der Waals surface area contributed by atoms with E-state index in [4.69, 9.17) is 0 Å². The normalized spacial score (nSPS) is 21.8. The van der Waals surface area contributed by atoms with Crippen molar-refractivity contribution >= 4 is 0 Å². The summed E-state index contributed by atoms with van der Waals surface area (Å²) in [6, 6.07) is 20.3. The highest BCUT2D eigenvalue weighted by molar-refractivity contribution is 5.35. The molecule has 1 N–H and O–H groups in total. The summed E-state index contributed by atoms with van der Waals surface area (Å²) in [7, 11) is 0. The van der Waals surface area contributed by atoms with Gasteiger partial charge in [0.05, 0.1) is 0 Å². The van der Waals surface area contributed by atoms with E-state index in [0.29, 0.717) is 17.9 Å². The van der Waals surface area contributed by atoms with Gasteiger partial charge in [0.1, 0.15) is 0 Å². The van der Waals surface area contributed by atoms with Crippen LogP contribution in [0, 0.1) is 5.92 Å². The number of hydrogen-bond acceptors (Lipinski definition) is 1. The molecule has 2 aromatic rings. The fraction of sp³-hybridized carbons (Fsp3) is 0.368. The van der Waals surface area contributed by atoms with E-state index in [1.807, 2.05) is 0 Å². The summed E-state index contributed by atoms with van der Waals surface area (Å²) in [5, 5.41) is 3.76. The standard InChI is InChI=1S/C19H23N/c1-14(2)19-17-11-7-6-10-16(17)13-20-18(19)12-15-8-4-3-5-9-15/h3-11,14,18-20H,12-13H2,1-2H3. The lowest BCUT2D eigenvalue weighted by Crippen LogP contribution is -2.42. The SMILES string of the molecule is CC(C)C1c2ccccc2CNC1Cc1ccccc1. The predicted molar refractivity (Wildman–Crippen MR) is 84.8 cm³/mol. The molecule has 0 fully saturated rings. The first kappa shape index (κ1) is 13.4. The zero-order valence-electron chi connectivity index (χ0n) is 12.3. The van der Waals surface area contributed by atoms with E-state index in [2.05, 4.69) is 73.8 Å². The van der Waals surface area contributed by atoms with Gasteiger partial charge < -0.3 is 5.32 Å². The van der Waals surface area contributed by atoms with Crippen LogP contribution in [0.1, 0.15) is 36.5 Å². The molecule has 1 nitrogen and oxygen atoms in total. The van der Waals surface area contributed by atoms with Crippen molar-refractivity contribution in [3.8, 4) is 0 Å². The third-order valence-electron chi connectivity index (χ3n) is 4.42. The molecule has 1 aliphatic heterocycles. The molecule has 0 aliphatic carbocycles. The Balaban J connectivity index is 1.89. The second-order valence-electron chi connectivity index (χ2n) is 6.15. The molecule has 20 heavy (non-hydrogen) atoms. The Hall–Kier alpha value is -1.60. The molecule has 1 aliphatic rings. The van der Waals surface area contributed by atoms with E-state index < -0.39 is 0 Å². The predicted octanol–water partition coefficient (Wildman–Crippen LogP) is 4.14. The number of fused-ring (bicyclic) bond motifs is 1. The van der Waals surface area contributed by atoms with E-state index in [1.165, 1.54) is 11.1 Å². The summed E-state index contributed by atoms with van der Waals surface area (Å²) < 4.78 is 0. The van der Waals surface area contributed by atoms with Gasteiger partial charge in [-0.25, -0.2) is 0 Å². The molecule has 2 unspecified atom stereocenters. The second-order valence-corrected chi connectivity index (χ2v) is 6.15. The topological polar surface area (TPSA) is 12.0 Å². The molecule has 0 amide bonds. The number of rotatable bonds is 3. The summed E-state index contributed by atoms with van der Waals surface area (Å²) in [4.78, 5) is 0. The van der Waals surface area contributed by atoms with E-state index in [0.717, 1.165) is 13.0 Å². The van der Waals surface area contributed by atoms with Gasteiger partial charge in [0.25, 0.3) is 0 Å². The minimum Gasteiger partial charge on any atom is -0.309 e. The van der Waals surface area contributed by atoms with Crippen molar-refractivity contribution in [2.45, 2.75) is 38.8 Å². The summed E-state index contributed by atoms with van der Waals surface area (Å²) in [6.45, 7) is 5.68. The van der Waals surface area contributed by atoms with Crippen molar-refractivity contribution in [3.05, 3.63) is 71.3 Å². The van der Waals surface area contributed by atoms with Crippen molar-refractivity contribution in [3.63, 3.8) is 0 Å². The van der Waals surface area contributed by atoms with Gasteiger partial charge in [0.2, 0.25) is 0 Å². The molecular formula is C19H23N. The van der Waals surface area contributed by atoms with Crippen molar-refractivity contribution < 1.29 is 0 Å². The molecule has 2 atom stereocenters. The van der Waals surface area contributed by atoms with Gasteiger partial charge in [-0.15, -0.1) is 0 Å². The Labute approximate surface area is 122 Å². The first-order valence-electron chi connectivity index (χ1n) is 7.61. The highest BCUT2D eigenvalue weighted by Crippen LogP contribution is 2.35. The van der Waals surface area contributed by atoms with Gasteiger partial charge in [-0.3, -0.25) is 0 Å². The highest BCUT2D eigenvalue weighted by Gasteiger charge is 2.31. The van der Waals surface area contributed by atoms with Crippen molar-refractivity contribution in [1.29, 1.82) is 0 Å². The Bertz CT molecular complexity index is 559. The minimum atomic E-state index is 0.535. The van der Waals surface area contributed by atoms with Crippen molar-refractivity contribution in [2.75, 3.05) is 0 Å². The molecule has 0 bridgehead atoms. The molecule has 2 aromatic carbocycles. The third-order valence-corrected chi connectivity index (χ3v) is 4.42. The second kappa shape index (κ2) is 5.80. The smallest absolute Gasteiger partial charge is 0.0211 e. The zero-order chi connectivity index (χ0) is 13.9. The quantitative estimate of drug-likeness (QED) is 0.879. The van der Waals surface area contributed by atoms with Gasteiger partial charge in [-0.1, -0.05) is 68.4 Å². The largest absolute Gasteiger partial charge is 0.309 e. The van der Waals surface area contributed by atoms with Gasteiger partial charge in [-0.05, 0) is 29.0 Å². The van der Waals surface area contributed by atoms with Crippen LogP contribution in [0.15, 0.2) is 54.6 Å². The molecule has 1 heterocycles. The van der Waals surface area contributed by atoms with Gasteiger partial charge in [-0.2, -0.15) is 0 Å². The maximum atomic E-state index is 3.76. The van der Waals surface area contributed by atoms with Crippen molar-refractivity contribution in [2.24, 2.45) is 5.92 Å². The number of nitrogens with one attached hydrogen (secondary N) is 1. The summed E-state index contributed by atoms with van der Waals surface area (Å²) in [5.74, 6) is 1.25. The maximum absolute atomic E-state index is 3.76. The molecule has 0 aromatic heterocycles. The lowest BCUT2D eigenvalue weighted by atomic mass is 9.76. The molecule has 0 radical (unpaired) electrons. The van der Waals surface area contributed by atoms with E-state index in [-0.39, 0.29) is 0 Å². The minimum absolute atomic E-state index is 0.535. The summed E-state index contributed by atoms with van der Waals surface area (Å²) >= 11 is 0. The van der Waals surface area contributed by atoms with Crippen LogP contribution in [-0.4, -0.2) is 6.04 Å². The zero-order valence-corrected chi connectivity index (χ0v) is 12.3. The van der Waals surface area contributed by atoms with Crippen molar-refractivity contribution in [1.82, 2.24) is 5.32 Å². The van der Waals surface area contributed by atoms with Gasteiger partial charge in [0.15, 0.2) is 0 Å². The van der Waals surface area contributed by atoms with Crippen LogP contribution in [0.4, 0.5) is 0 Å². The Morgan fingerprint density at radius 3 is 2.45 bits per heavy atom. The summed E-state index contributed by atoms with van der Waals surface area (Å²) in [6.07, 6.45) is 1.11. The Morgan fingerprint density at radius 1 is 1.00 bits per heavy atom. The molecule has 3 rings (SSSR count). The average molecular weight is 265 g/mol. The first-order chi connectivity index (χ1) is 9.75. The van der Waals surface area contributed by atoms with Crippen LogP contribution in [-0.2, 0) is 13.0 Å². The van der Waals surface area contributed by atoms with E-state index in [1.54, 1.807) is 5.56 Å². The molecule has 1 heteroatoms. The molecule has 0 saturated heterocycles. The van der Waals surface area contributed by atoms with Crippen LogP contribution in [0.25, 0.3) is 0 Å². The van der Waals surface area contributed by atoms with Crippen LogP contribution in [0.2, 0.25) is 0 Å². The molecular weight excluding hydrogens is 242 g/mol. The van der Waals surface area contributed by atoms with Crippen LogP contribution in [0.3, 0.4) is 0 Å². The number of benzene rings is 2. The number of hydrogen-bond donors (Lipinski definition) is 1. The molecule has 104 valence electrons. The summed E-state index contributed by atoms with van der Waals surface area (Å²) in [5.41, 5.74) is 4.44. The maximum Gasteiger partial charge on any atom is 0.0211 e. The highest BCUT2D eigenvalue weighted by atomic mass is 14.9. The van der Waals surface area contributed by atoms with Gasteiger partial charge >= 0.3 is 0 Å². The lowest BCUT2D eigenvalue weighted by Gasteiger charge is -2.37. The van der Waals surface area contributed by atoms with E-state index in [9.17, 15) is 0 Å².